The van der Waals surface area contributed by atoms with Gasteiger partial charge in [0.25, 0.3) is 0 Å². The van der Waals surface area contributed by atoms with Gasteiger partial charge in [-0.05, 0) is 13.0 Å². The smallest absolute Gasteiger partial charge is 0.237 e. The van der Waals surface area contributed by atoms with Crippen molar-refractivity contribution in [3.05, 3.63) is 35.9 Å². The van der Waals surface area contributed by atoms with E-state index < -0.39 is 0 Å². The minimum Gasteiger partial charge on any atom is -0.330 e. The fraction of sp³-hybridized carbons (Fsp3) is 0.357. The highest BCUT2D eigenvalue weighted by molar-refractivity contribution is 6.08. The molecule has 1 aromatic carbocycles. The standard InChI is InChI=1S/C14H16N2O/c1-15-9-11-16(12-10-15)8-7-14(17)13-5-3-2-4-6-13/h2-6H,9-12H2,1H3. The van der Waals surface area contributed by atoms with Crippen molar-refractivity contribution in [2.24, 2.45) is 0 Å². The van der Waals surface area contributed by atoms with Gasteiger partial charge in [-0.3, -0.25) is 4.79 Å². The van der Waals surface area contributed by atoms with Crippen LogP contribution >= 0.6 is 0 Å². The second kappa shape index (κ2) is 5.51. The summed E-state index contributed by atoms with van der Waals surface area (Å²) in [7, 11) is 2.10. The molecule has 1 aliphatic heterocycles. The molecule has 3 heteroatoms. The summed E-state index contributed by atoms with van der Waals surface area (Å²) in [5.74, 6) is 2.60. The number of carbonyl (C=O) groups excluding carboxylic acids is 1. The lowest BCUT2D eigenvalue weighted by atomic mass is 10.1. The normalized spacial score (nSPS) is 16.2. The van der Waals surface area contributed by atoms with Gasteiger partial charge in [0.2, 0.25) is 5.78 Å². The summed E-state index contributed by atoms with van der Waals surface area (Å²) in [6, 6.07) is 12.1. The number of hydrogen-bond acceptors (Lipinski definition) is 3. The van der Waals surface area contributed by atoms with Gasteiger partial charge in [-0.1, -0.05) is 30.3 Å². The quantitative estimate of drug-likeness (QED) is 0.531. The predicted molar refractivity (Wildman–Crippen MR) is 67.6 cm³/mol. The van der Waals surface area contributed by atoms with Gasteiger partial charge in [0.1, 0.15) is 0 Å². The molecule has 0 aromatic heterocycles. The van der Waals surface area contributed by atoms with Crippen LogP contribution in [-0.4, -0.2) is 48.8 Å². The summed E-state index contributed by atoms with van der Waals surface area (Å²) >= 11 is 0. The summed E-state index contributed by atoms with van der Waals surface area (Å²) in [6.07, 6.45) is 0. The molecule has 3 nitrogen and oxygen atoms in total. The maximum atomic E-state index is 11.7. The number of ketones is 1. The van der Waals surface area contributed by atoms with Gasteiger partial charge < -0.3 is 9.80 Å². The van der Waals surface area contributed by atoms with Crippen LogP contribution in [0.25, 0.3) is 0 Å². The zero-order valence-electron chi connectivity index (χ0n) is 10.0. The molecule has 0 aliphatic carbocycles. The molecule has 88 valence electrons. The largest absolute Gasteiger partial charge is 0.330 e. The molecule has 0 saturated carbocycles. The number of piperazine rings is 1. The van der Waals surface area contributed by atoms with Crippen LogP contribution in [0.15, 0.2) is 30.3 Å². The lowest BCUT2D eigenvalue weighted by molar-refractivity contribution is 0.105. The molecule has 0 amide bonds. The fourth-order valence-electron chi connectivity index (χ4n) is 1.71. The van der Waals surface area contributed by atoms with E-state index in [0.717, 1.165) is 26.2 Å². The van der Waals surface area contributed by atoms with E-state index in [9.17, 15) is 4.79 Å². The van der Waals surface area contributed by atoms with Crippen molar-refractivity contribution in [2.75, 3.05) is 33.2 Å². The first-order valence-electron chi connectivity index (χ1n) is 5.80. The molecule has 0 unspecified atom stereocenters. The van der Waals surface area contributed by atoms with Crippen LogP contribution in [-0.2, 0) is 0 Å². The predicted octanol–water partition coefficient (Wildman–Crippen LogP) is 1.08. The molecule has 1 aliphatic rings. The Labute approximate surface area is 102 Å². The van der Waals surface area contributed by atoms with Gasteiger partial charge in [-0.15, -0.1) is 0 Å². The second-order valence-corrected chi connectivity index (χ2v) is 4.22. The average molecular weight is 228 g/mol. The summed E-state index contributed by atoms with van der Waals surface area (Å²) in [4.78, 5) is 16.0. The number of benzene rings is 1. The highest BCUT2D eigenvalue weighted by Crippen LogP contribution is 2.00. The Hall–Kier alpha value is -1.79. The number of rotatable bonds is 1. The Bertz CT molecular complexity index is 436. The minimum absolute atomic E-state index is 0.107. The highest BCUT2D eigenvalue weighted by atomic mass is 16.1. The third-order valence-corrected chi connectivity index (χ3v) is 2.87. The van der Waals surface area contributed by atoms with Gasteiger partial charge in [0.15, 0.2) is 0 Å². The molecule has 0 N–H and O–H groups in total. The zero-order chi connectivity index (χ0) is 12.1. The SMILES string of the molecule is CN1CCN(C#CC(=O)c2ccccc2)CC1. The Kier molecular flexibility index (Phi) is 3.79. The van der Waals surface area contributed by atoms with E-state index in [1.165, 1.54) is 0 Å². The number of hydrogen-bond donors (Lipinski definition) is 0. The van der Waals surface area contributed by atoms with Crippen LogP contribution in [0.1, 0.15) is 10.4 Å². The van der Waals surface area contributed by atoms with Gasteiger partial charge >= 0.3 is 0 Å². The molecule has 0 atom stereocenters. The monoisotopic (exact) mass is 228 g/mol. The summed E-state index contributed by atoms with van der Waals surface area (Å²) in [5.41, 5.74) is 0.661. The molecule has 0 bridgehead atoms. The van der Waals surface area contributed by atoms with Gasteiger partial charge in [0.05, 0.1) is 0 Å². The second-order valence-electron chi connectivity index (χ2n) is 4.22. The van der Waals surface area contributed by atoms with Crippen LogP contribution in [0.3, 0.4) is 0 Å². The van der Waals surface area contributed by atoms with Crippen LogP contribution in [0.2, 0.25) is 0 Å². The van der Waals surface area contributed by atoms with Gasteiger partial charge in [-0.25, -0.2) is 0 Å². The maximum absolute atomic E-state index is 11.7. The Morgan fingerprint density at radius 2 is 1.76 bits per heavy atom. The van der Waals surface area contributed by atoms with Crippen molar-refractivity contribution in [1.29, 1.82) is 0 Å². The van der Waals surface area contributed by atoms with Crippen LogP contribution in [0.4, 0.5) is 0 Å². The third-order valence-electron chi connectivity index (χ3n) is 2.87. The van der Waals surface area contributed by atoms with E-state index in [4.69, 9.17) is 0 Å². The van der Waals surface area contributed by atoms with Crippen molar-refractivity contribution in [3.8, 4) is 12.0 Å². The van der Waals surface area contributed by atoms with Crippen molar-refractivity contribution in [3.63, 3.8) is 0 Å². The lowest BCUT2D eigenvalue weighted by Gasteiger charge is -2.29. The first kappa shape index (κ1) is 11.7. The molecule has 0 radical (unpaired) electrons. The number of Topliss-reactive ketones (excluding diaryl/α,β-unsaturated/α-hetero) is 1. The van der Waals surface area contributed by atoms with Gasteiger partial charge in [0, 0.05) is 37.8 Å². The summed E-state index contributed by atoms with van der Waals surface area (Å²) in [5, 5.41) is 0. The molecular formula is C14H16N2O. The fourth-order valence-corrected chi connectivity index (χ4v) is 1.71. The van der Waals surface area contributed by atoms with Crippen LogP contribution < -0.4 is 0 Å². The average Bonchev–Trinajstić information content (AvgIpc) is 2.39. The van der Waals surface area contributed by atoms with E-state index in [1.807, 2.05) is 23.1 Å². The van der Waals surface area contributed by atoms with E-state index >= 15 is 0 Å². The zero-order valence-corrected chi connectivity index (χ0v) is 10.0. The Morgan fingerprint density at radius 1 is 1.12 bits per heavy atom. The Morgan fingerprint density at radius 3 is 2.41 bits per heavy atom. The molecule has 17 heavy (non-hydrogen) atoms. The topological polar surface area (TPSA) is 23.6 Å². The third kappa shape index (κ3) is 3.33. The molecule has 2 rings (SSSR count). The van der Waals surface area contributed by atoms with E-state index in [1.54, 1.807) is 12.1 Å². The summed E-state index contributed by atoms with van der Waals surface area (Å²) in [6.45, 7) is 3.83. The molecule has 0 spiro atoms. The first-order chi connectivity index (χ1) is 8.25. The van der Waals surface area contributed by atoms with Crippen LogP contribution in [0, 0.1) is 12.0 Å². The molecule has 1 saturated heterocycles. The lowest BCUT2D eigenvalue weighted by Crippen LogP contribution is -2.42. The van der Waals surface area contributed by atoms with E-state index in [-0.39, 0.29) is 5.78 Å². The molecule has 1 heterocycles. The molecular weight excluding hydrogens is 212 g/mol. The minimum atomic E-state index is -0.107. The number of carbonyl (C=O) groups is 1. The first-order valence-corrected chi connectivity index (χ1v) is 5.80. The number of likely N-dealkylation sites (N-methyl/N-ethyl adjacent to an activating group) is 1. The van der Waals surface area contributed by atoms with Crippen LogP contribution in [0.5, 0.6) is 0 Å². The maximum Gasteiger partial charge on any atom is 0.237 e. The molecule has 1 fully saturated rings. The van der Waals surface area contributed by atoms with E-state index in [2.05, 4.69) is 23.9 Å². The summed E-state index contributed by atoms with van der Waals surface area (Å²) < 4.78 is 0. The molecule has 1 aromatic rings. The van der Waals surface area contributed by atoms with Gasteiger partial charge in [-0.2, -0.15) is 0 Å². The van der Waals surface area contributed by atoms with E-state index in [0.29, 0.717) is 5.56 Å². The van der Waals surface area contributed by atoms with Crippen molar-refractivity contribution >= 4 is 5.78 Å². The van der Waals surface area contributed by atoms with Crippen molar-refractivity contribution in [2.45, 2.75) is 0 Å². The number of nitrogens with zero attached hydrogens (tertiary/aromatic N) is 2. The Balaban J connectivity index is 1.95. The van der Waals surface area contributed by atoms with Crippen molar-refractivity contribution < 1.29 is 4.79 Å². The van der Waals surface area contributed by atoms with Crippen molar-refractivity contribution in [1.82, 2.24) is 9.80 Å². The highest BCUT2D eigenvalue weighted by Gasteiger charge is 2.10.